The van der Waals surface area contributed by atoms with Crippen molar-refractivity contribution in [1.82, 2.24) is 15.6 Å². The first kappa shape index (κ1) is 18.8. The molecule has 140 valence electrons. The summed E-state index contributed by atoms with van der Waals surface area (Å²) in [6.45, 7) is 3.29. The van der Waals surface area contributed by atoms with E-state index in [1.54, 1.807) is 5.38 Å². The standard InChI is InChI=1S/C17H18F3N3O2S/c1-10-14(21-6-7-25-10)15(24)22-8-13-9-26-16(23-13)11-2-4-12(5-3-11)17(18,19)20/h2-5,9-10,14,21H,6-8H2,1H3,(H,22,24)/t10-,14+/m1/s1. The van der Waals surface area contributed by atoms with Crippen molar-refractivity contribution < 1.29 is 22.7 Å². The molecule has 9 heteroatoms. The van der Waals surface area contributed by atoms with Crippen molar-refractivity contribution in [2.75, 3.05) is 13.2 Å². The molecule has 1 saturated heterocycles. The predicted octanol–water partition coefficient (Wildman–Crippen LogP) is 2.82. The van der Waals surface area contributed by atoms with Gasteiger partial charge in [-0.1, -0.05) is 12.1 Å². The summed E-state index contributed by atoms with van der Waals surface area (Å²) in [5.41, 5.74) is 0.570. The maximum atomic E-state index is 12.6. The molecule has 1 aliphatic heterocycles. The summed E-state index contributed by atoms with van der Waals surface area (Å²) in [4.78, 5) is 16.6. The van der Waals surface area contributed by atoms with Gasteiger partial charge in [0.1, 0.15) is 11.0 Å². The van der Waals surface area contributed by atoms with Gasteiger partial charge in [-0.3, -0.25) is 4.79 Å². The Morgan fingerprint density at radius 3 is 2.77 bits per heavy atom. The van der Waals surface area contributed by atoms with Crippen molar-refractivity contribution in [3.05, 3.63) is 40.9 Å². The number of thiazole rings is 1. The van der Waals surface area contributed by atoms with Gasteiger partial charge in [-0.2, -0.15) is 13.2 Å². The number of nitrogens with zero attached hydrogens (tertiary/aromatic N) is 1. The van der Waals surface area contributed by atoms with Crippen LogP contribution in [0.5, 0.6) is 0 Å². The first-order chi connectivity index (χ1) is 12.3. The highest BCUT2D eigenvalue weighted by Gasteiger charge is 2.30. The smallest absolute Gasteiger partial charge is 0.375 e. The lowest BCUT2D eigenvalue weighted by atomic mass is 10.1. The Labute approximate surface area is 152 Å². The second-order valence-corrected chi connectivity index (χ2v) is 6.80. The van der Waals surface area contributed by atoms with Crippen molar-refractivity contribution in [3.8, 4) is 10.6 Å². The predicted molar refractivity (Wildman–Crippen MR) is 91.6 cm³/mol. The minimum atomic E-state index is -4.36. The fraction of sp³-hybridized carbons (Fsp3) is 0.412. The number of hydrogen-bond acceptors (Lipinski definition) is 5. The molecular formula is C17H18F3N3O2S. The number of amides is 1. The number of alkyl halides is 3. The second-order valence-electron chi connectivity index (χ2n) is 5.94. The van der Waals surface area contributed by atoms with E-state index >= 15 is 0 Å². The number of morpholine rings is 1. The topological polar surface area (TPSA) is 63.2 Å². The average molecular weight is 385 g/mol. The highest BCUT2D eigenvalue weighted by molar-refractivity contribution is 7.13. The van der Waals surface area contributed by atoms with Gasteiger partial charge < -0.3 is 15.4 Å². The van der Waals surface area contributed by atoms with Gasteiger partial charge in [0.05, 0.1) is 30.5 Å². The van der Waals surface area contributed by atoms with E-state index in [0.717, 1.165) is 12.1 Å². The Hall–Kier alpha value is -1.97. The summed E-state index contributed by atoms with van der Waals surface area (Å²) in [6, 6.07) is 4.46. The molecule has 5 nitrogen and oxygen atoms in total. The van der Waals surface area contributed by atoms with E-state index in [1.165, 1.54) is 23.5 Å². The molecule has 2 atom stereocenters. The van der Waals surface area contributed by atoms with Crippen molar-refractivity contribution in [2.24, 2.45) is 0 Å². The van der Waals surface area contributed by atoms with Crippen LogP contribution in [0.3, 0.4) is 0 Å². The van der Waals surface area contributed by atoms with Crippen LogP contribution in [0.1, 0.15) is 18.2 Å². The molecule has 0 saturated carbocycles. The molecule has 2 heterocycles. The van der Waals surface area contributed by atoms with Crippen LogP contribution >= 0.6 is 11.3 Å². The minimum absolute atomic E-state index is 0.165. The Kier molecular flexibility index (Phi) is 5.59. The summed E-state index contributed by atoms with van der Waals surface area (Å²) in [5, 5.41) is 8.30. The molecule has 1 aliphatic rings. The molecular weight excluding hydrogens is 367 g/mol. The zero-order valence-electron chi connectivity index (χ0n) is 14.0. The van der Waals surface area contributed by atoms with Crippen LogP contribution in [-0.2, 0) is 22.3 Å². The number of benzene rings is 1. The van der Waals surface area contributed by atoms with Gasteiger partial charge in [-0.15, -0.1) is 11.3 Å². The van der Waals surface area contributed by atoms with Crippen LogP contribution in [0.2, 0.25) is 0 Å². The lowest BCUT2D eigenvalue weighted by Gasteiger charge is -2.29. The minimum Gasteiger partial charge on any atom is -0.375 e. The molecule has 1 fully saturated rings. The molecule has 0 spiro atoms. The summed E-state index contributed by atoms with van der Waals surface area (Å²) >= 11 is 1.32. The number of rotatable bonds is 4. The van der Waals surface area contributed by atoms with E-state index < -0.39 is 17.8 Å². The molecule has 0 radical (unpaired) electrons. The van der Waals surface area contributed by atoms with Gasteiger partial charge in [-0.25, -0.2) is 4.98 Å². The third-order valence-corrected chi connectivity index (χ3v) is 4.99. The van der Waals surface area contributed by atoms with E-state index in [0.29, 0.717) is 29.4 Å². The molecule has 26 heavy (non-hydrogen) atoms. The first-order valence-electron chi connectivity index (χ1n) is 8.09. The van der Waals surface area contributed by atoms with Gasteiger partial charge >= 0.3 is 6.18 Å². The molecule has 0 bridgehead atoms. The molecule has 3 rings (SSSR count). The van der Waals surface area contributed by atoms with Crippen molar-refractivity contribution in [3.63, 3.8) is 0 Å². The zero-order valence-corrected chi connectivity index (χ0v) is 14.8. The average Bonchev–Trinajstić information content (AvgIpc) is 3.08. The molecule has 0 unspecified atom stereocenters. The third-order valence-electron chi connectivity index (χ3n) is 4.05. The van der Waals surface area contributed by atoms with Crippen LogP contribution in [0.25, 0.3) is 10.6 Å². The Bertz CT molecular complexity index is 761. The third kappa shape index (κ3) is 4.40. The molecule has 1 aromatic carbocycles. The lowest BCUT2D eigenvalue weighted by molar-refractivity contribution is -0.137. The van der Waals surface area contributed by atoms with Crippen LogP contribution in [-0.4, -0.2) is 36.2 Å². The number of ether oxygens (including phenoxy) is 1. The largest absolute Gasteiger partial charge is 0.416 e. The Morgan fingerprint density at radius 2 is 2.12 bits per heavy atom. The molecule has 1 aromatic heterocycles. The van der Waals surface area contributed by atoms with Gasteiger partial charge in [0.25, 0.3) is 0 Å². The van der Waals surface area contributed by atoms with E-state index in [-0.39, 0.29) is 18.6 Å². The summed E-state index contributed by atoms with van der Waals surface area (Å²) in [5.74, 6) is -0.165. The summed E-state index contributed by atoms with van der Waals surface area (Å²) < 4.78 is 43.3. The highest BCUT2D eigenvalue weighted by atomic mass is 32.1. The maximum Gasteiger partial charge on any atom is 0.416 e. The summed E-state index contributed by atoms with van der Waals surface area (Å²) in [6.07, 6.45) is -4.56. The number of nitrogens with one attached hydrogen (secondary N) is 2. The lowest BCUT2D eigenvalue weighted by Crippen LogP contribution is -2.55. The summed E-state index contributed by atoms with van der Waals surface area (Å²) in [7, 11) is 0. The van der Waals surface area contributed by atoms with Crippen molar-refractivity contribution in [2.45, 2.75) is 31.8 Å². The fourth-order valence-electron chi connectivity index (χ4n) is 2.64. The fourth-order valence-corrected chi connectivity index (χ4v) is 3.46. The van der Waals surface area contributed by atoms with Crippen LogP contribution < -0.4 is 10.6 Å². The van der Waals surface area contributed by atoms with Gasteiger partial charge in [0.15, 0.2) is 0 Å². The van der Waals surface area contributed by atoms with Crippen molar-refractivity contribution >= 4 is 17.2 Å². The zero-order chi connectivity index (χ0) is 18.7. The maximum absolute atomic E-state index is 12.6. The van der Waals surface area contributed by atoms with Gasteiger partial charge in [0.2, 0.25) is 5.91 Å². The molecule has 0 aliphatic carbocycles. The SMILES string of the molecule is C[C@H]1OCCN[C@@H]1C(=O)NCc1csc(-c2ccc(C(F)(F)F)cc2)n1. The van der Waals surface area contributed by atoms with Crippen molar-refractivity contribution in [1.29, 1.82) is 0 Å². The van der Waals surface area contributed by atoms with E-state index in [1.807, 2.05) is 6.92 Å². The quantitative estimate of drug-likeness (QED) is 0.850. The van der Waals surface area contributed by atoms with Crippen LogP contribution in [0, 0.1) is 0 Å². The van der Waals surface area contributed by atoms with E-state index in [4.69, 9.17) is 4.74 Å². The van der Waals surface area contributed by atoms with E-state index in [9.17, 15) is 18.0 Å². The van der Waals surface area contributed by atoms with Gasteiger partial charge in [-0.05, 0) is 19.1 Å². The first-order valence-corrected chi connectivity index (χ1v) is 8.97. The Balaban J connectivity index is 1.60. The van der Waals surface area contributed by atoms with Gasteiger partial charge in [0, 0.05) is 17.5 Å². The number of hydrogen-bond donors (Lipinski definition) is 2. The molecule has 2 N–H and O–H groups in total. The van der Waals surface area contributed by atoms with Crippen LogP contribution in [0.4, 0.5) is 13.2 Å². The van der Waals surface area contributed by atoms with Crippen LogP contribution in [0.15, 0.2) is 29.6 Å². The number of carbonyl (C=O) groups is 1. The Morgan fingerprint density at radius 1 is 1.38 bits per heavy atom. The van der Waals surface area contributed by atoms with E-state index in [2.05, 4.69) is 15.6 Å². The molecule has 2 aromatic rings. The highest BCUT2D eigenvalue weighted by Crippen LogP contribution is 2.31. The number of halogens is 3. The number of aromatic nitrogens is 1. The second kappa shape index (κ2) is 7.73. The normalized spacial score (nSPS) is 20.8. The molecule has 1 amide bonds. The number of carbonyl (C=O) groups excluding carboxylic acids is 1. The monoisotopic (exact) mass is 385 g/mol.